The fourth-order valence-corrected chi connectivity index (χ4v) is 4.06. The number of anilines is 1. The lowest BCUT2D eigenvalue weighted by atomic mass is 10.1. The lowest BCUT2D eigenvalue weighted by Crippen LogP contribution is -2.14. The number of hydrogen-bond acceptors (Lipinski definition) is 4. The summed E-state index contributed by atoms with van der Waals surface area (Å²) in [5, 5.41) is 6.88. The number of benzene rings is 3. The number of aromatic nitrogens is 3. The van der Waals surface area contributed by atoms with Crippen molar-refractivity contribution in [2.75, 3.05) is 4.72 Å². The molecular formula is C19H14Cl2N4O2S. The summed E-state index contributed by atoms with van der Waals surface area (Å²) < 4.78 is 29.2. The molecule has 0 aliphatic heterocycles. The van der Waals surface area contributed by atoms with Gasteiger partial charge in [-0.1, -0.05) is 59.6 Å². The minimum absolute atomic E-state index is 0.00628. The summed E-state index contributed by atoms with van der Waals surface area (Å²) >= 11 is 11.9. The van der Waals surface area contributed by atoms with E-state index >= 15 is 0 Å². The molecule has 0 aliphatic rings. The summed E-state index contributed by atoms with van der Waals surface area (Å²) in [5.74, 6) is -0.00628. The topological polar surface area (TPSA) is 76.9 Å². The van der Waals surface area contributed by atoms with Gasteiger partial charge in [0, 0.05) is 0 Å². The van der Waals surface area contributed by atoms with E-state index in [1.807, 2.05) is 30.3 Å². The molecule has 0 bridgehead atoms. The average molecular weight is 433 g/mol. The minimum atomic E-state index is -3.80. The van der Waals surface area contributed by atoms with Crippen molar-refractivity contribution in [1.82, 2.24) is 14.8 Å². The number of hydrogen-bond donors (Lipinski definition) is 1. The van der Waals surface area contributed by atoms with Crippen molar-refractivity contribution >= 4 is 49.9 Å². The van der Waals surface area contributed by atoms with E-state index in [0.29, 0.717) is 16.6 Å². The third kappa shape index (κ3) is 3.96. The van der Waals surface area contributed by atoms with Crippen LogP contribution in [0.1, 0.15) is 5.56 Å². The van der Waals surface area contributed by atoms with Crippen LogP contribution >= 0.6 is 23.2 Å². The Hall–Kier alpha value is -2.61. The van der Waals surface area contributed by atoms with Gasteiger partial charge in [-0.15, -0.1) is 5.10 Å². The van der Waals surface area contributed by atoms with Gasteiger partial charge < -0.3 is 0 Å². The highest BCUT2D eigenvalue weighted by molar-refractivity contribution is 7.92. The lowest BCUT2D eigenvalue weighted by Gasteiger charge is -2.06. The van der Waals surface area contributed by atoms with Crippen molar-refractivity contribution in [3.63, 3.8) is 0 Å². The van der Waals surface area contributed by atoms with Crippen molar-refractivity contribution in [2.24, 2.45) is 0 Å². The number of halogens is 2. The molecule has 0 radical (unpaired) electrons. The third-order valence-corrected chi connectivity index (χ3v) is 6.19. The molecule has 0 fully saturated rings. The van der Waals surface area contributed by atoms with Gasteiger partial charge in [0.05, 0.1) is 21.5 Å². The van der Waals surface area contributed by atoms with E-state index < -0.39 is 10.0 Å². The zero-order chi connectivity index (χ0) is 19.7. The predicted octanol–water partition coefficient (Wildman–Crippen LogP) is 4.59. The first-order valence-corrected chi connectivity index (χ1v) is 10.5. The van der Waals surface area contributed by atoms with Crippen LogP contribution in [0.25, 0.3) is 10.8 Å². The zero-order valence-electron chi connectivity index (χ0n) is 14.4. The molecule has 6 nitrogen and oxygen atoms in total. The van der Waals surface area contributed by atoms with Gasteiger partial charge in [0.25, 0.3) is 16.0 Å². The predicted molar refractivity (Wildman–Crippen MR) is 110 cm³/mol. The van der Waals surface area contributed by atoms with Crippen LogP contribution in [0.5, 0.6) is 0 Å². The van der Waals surface area contributed by atoms with Gasteiger partial charge in [-0.3, -0.25) is 0 Å². The largest absolute Gasteiger partial charge is 0.264 e. The molecule has 0 spiro atoms. The highest BCUT2D eigenvalue weighted by Gasteiger charge is 2.17. The fraction of sp³-hybridized carbons (Fsp3) is 0.0526. The van der Waals surface area contributed by atoms with Gasteiger partial charge in [0.1, 0.15) is 6.33 Å². The SMILES string of the molecule is O=S(=O)(Nc1ncn(Cc2ccc(Cl)c(Cl)c2)n1)c1ccc2ccccc2c1. The molecule has 4 rings (SSSR count). The number of fused-ring (bicyclic) bond motifs is 1. The maximum Gasteiger partial charge on any atom is 0.264 e. The van der Waals surface area contributed by atoms with Crippen LogP contribution in [0.15, 0.2) is 71.9 Å². The summed E-state index contributed by atoms with van der Waals surface area (Å²) in [5.41, 5.74) is 0.864. The number of rotatable bonds is 5. The van der Waals surface area contributed by atoms with Gasteiger partial charge in [-0.2, -0.15) is 4.98 Å². The van der Waals surface area contributed by atoms with Crippen LogP contribution in [-0.2, 0) is 16.6 Å². The summed E-state index contributed by atoms with van der Waals surface area (Å²) in [6.45, 7) is 0.377. The van der Waals surface area contributed by atoms with Crippen LogP contribution in [0.3, 0.4) is 0 Å². The van der Waals surface area contributed by atoms with Crippen molar-refractivity contribution in [3.05, 3.63) is 82.6 Å². The highest BCUT2D eigenvalue weighted by atomic mass is 35.5. The molecule has 0 saturated carbocycles. The van der Waals surface area contributed by atoms with Crippen LogP contribution in [0.2, 0.25) is 10.0 Å². The Morgan fingerprint density at radius 1 is 0.929 bits per heavy atom. The van der Waals surface area contributed by atoms with Crippen molar-refractivity contribution in [3.8, 4) is 0 Å². The zero-order valence-corrected chi connectivity index (χ0v) is 16.7. The Bertz CT molecular complexity index is 1270. The van der Waals surface area contributed by atoms with Gasteiger partial charge >= 0.3 is 0 Å². The molecule has 0 amide bonds. The molecule has 1 heterocycles. The molecular weight excluding hydrogens is 419 g/mol. The van der Waals surface area contributed by atoms with Crippen LogP contribution in [-0.4, -0.2) is 23.2 Å². The first kappa shape index (κ1) is 18.7. The van der Waals surface area contributed by atoms with E-state index in [2.05, 4.69) is 14.8 Å². The average Bonchev–Trinajstić information content (AvgIpc) is 3.10. The quantitative estimate of drug-likeness (QED) is 0.500. The van der Waals surface area contributed by atoms with E-state index in [4.69, 9.17) is 23.2 Å². The molecule has 28 heavy (non-hydrogen) atoms. The smallest absolute Gasteiger partial charge is 0.246 e. The number of nitrogens with one attached hydrogen (secondary N) is 1. The maximum atomic E-state index is 12.7. The normalized spacial score (nSPS) is 11.6. The monoisotopic (exact) mass is 432 g/mol. The van der Waals surface area contributed by atoms with E-state index in [1.54, 1.807) is 30.3 Å². The van der Waals surface area contributed by atoms with Crippen molar-refractivity contribution in [1.29, 1.82) is 0 Å². The van der Waals surface area contributed by atoms with Gasteiger partial charge in [-0.05, 0) is 40.6 Å². The standard InChI is InChI=1S/C19H14Cl2N4O2S/c20-17-8-5-13(9-18(17)21)11-25-12-22-19(23-25)24-28(26,27)16-7-6-14-3-1-2-4-15(14)10-16/h1-10,12H,11H2,(H,23,24). The molecule has 9 heteroatoms. The second-order valence-electron chi connectivity index (χ2n) is 6.13. The van der Waals surface area contributed by atoms with Crippen molar-refractivity contribution < 1.29 is 8.42 Å². The Balaban J connectivity index is 1.54. The van der Waals surface area contributed by atoms with Crippen LogP contribution in [0, 0.1) is 0 Å². The lowest BCUT2D eigenvalue weighted by molar-refractivity contribution is 0.600. The Morgan fingerprint density at radius 3 is 2.50 bits per heavy atom. The fourth-order valence-electron chi connectivity index (χ4n) is 2.76. The molecule has 1 N–H and O–H groups in total. The van der Waals surface area contributed by atoms with E-state index in [-0.39, 0.29) is 10.8 Å². The van der Waals surface area contributed by atoms with Crippen molar-refractivity contribution in [2.45, 2.75) is 11.4 Å². The second-order valence-corrected chi connectivity index (χ2v) is 8.63. The van der Waals surface area contributed by atoms with Gasteiger partial charge in [-0.25, -0.2) is 17.8 Å². The third-order valence-electron chi connectivity index (χ3n) is 4.12. The highest BCUT2D eigenvalue weighted by Crippen LogP contribution is 2.23. The molecule has 0 aliphatic carbocycles. The van der Waals surface area contributed by atoms with E-state index in [9.17, 15) is 8.42 Å². The minimum Gasteiger partial charge on any atom is -0.246 e. The Labute approximate surface area is 171 Å². The van der Waals surface area contributed by atoms with Gasteiger partial charge in [0.15, 0.2) is 0 Å². The van der Waals surface area contributed by atoms with E-state index in [0.717, 1.165) is 16.3 Å². The molecule has 1 aromatic heterocycles. The Morgan fingerprint density at radius 2 is 1.71 bits per heavy atom. The molecule has 0 atom stereocenters. The summed E-state index contributed by atoms with van der Waals surface area (Å²) in [6.07, 6.45) is 1.45. The van der Waals surface area contributed by atoms with Crippen LogP contribution in [0.4, 0.5) is 5.95 Å². The second kappa shape index (κ2) is 7.43. The van der Waals surface area contributed by atoms with Crippen LogP contribution < -0.4 is 4.72 Å². The molecule has 4 aromatic rings. The molecule has 0 unspecified atom stereocenters. The molecule has 142 valence electrons. The first-order chi connectivity index (χ1) is 13.4. The number of nitrogens with zero attached hydrogens (tertiary/aromatic N) is 3. The molecule has 3 aromatic carbocycles. The Kier molecular flexibility index (Phi) is 4.97. The first-order valence-electron chi connectivity index (χ1n) is 8.26. The summed E-state index contributed by atoms with van der Waals surface area (Å²) in [7, 11) is -3.80. The van der Waals surface area contributed by atoms with E-state index in [1.165, 1.54) is 11.0 Å². The summed E-state index contributed by atoms with van der Waals surface area (Å²) in [6, 6.07) is 17.7. The summed E-state index contributed by atoms with van der Waals surface area (Å²) in [4.78, 5) is 4.17. The number of sulfonamides is 1. The maximum absolute atomic E-state index is 12.7. The van der Waals surface area contributed by atoms with Gasteiger partial charge in [0.2, 0.25) is 0 Å². The molecule has 0 saturated heterocycles.